The topological polar surface area (TPSA) is 48.0 Å². The van der Waals surface area contributed by atoms with Gasteiger partial charge in [0.1, 0.15) is 0 Å². The Morgan fingerprint density at radius 2 is 1.69 bits per heavy atom. The monoisotopic (exact) mass is 400 g/mol. The quantitative estimate of drug-likeness (QED) is 0.838. The number of carbonyl (C=O) groups is 1. The molecule has 0 saturated carbocycles. The summed E-state index contributed by atoms with van der Waals surface area (Å²) in [4.78, 5) is 19.8. The average Bonchev–Trinajstić information content (AvgIpc) is 3.23. The fourth-order valence-electron chi connectivity index (χ4n) is 5.12. The van der Waals surface area contributed by atoms with E-state index in [1.807, 2.05) is 17.0 Å². The third-order valence-corrected chi connectivity index (χ3v) is 6.51. The molecule has 1 aromatic carbocycles. The van der Waals surface area contributed by atoms with Crippen LogP contribution in [0.4, 0.5) is 16.2 Å². The Bertz CT molecular complexity index is 673. The molecule has 2 unspecified atom stereocenters. The highest BCUT2D eigenvalue weighted by molar-refractivity contribution is 5.93. The third-order valence-electron chi connectivity index (χ3n) is 6.51. The van der Waals surface area contributed by atoms with E-state index in [0.717, 1.165) is 70.0 Å². The Balaban J connectivity index is 1.27. The maximum absolute atomic E-state index is 12.9. The predicted molar refractivity (Wildman–Crippen MR) is 118 cm³/mol. The second kappa shape index (κ2) is 9.35. The number of piperidine rings is 1. The van der Waals surface area contributed by atoms with E-state index >= 15 is 0 Å². The Morgan fingerprint density at radius 3 is 2.38 bits per heavy atom. The van der Waals surface area contributed by atoms with Gasteiger partial charge in [-0.2, -0.15) is 0 Å². The molecule has 6 heteroatoms. The standard InChI is InChI=1S/C23H36N4O2/c1-18-15-25(16-19(2)29-18)17-20-9-13-27(14-10-20)23(28)24-21-7-3-4-8-22(21)26-11-5-6-12-26/h3-4,7-8,18-20H,5-6,9-17H2,1-2H3,(H,24,28). The smallest absolute Gasteiger partial charge is 0.321 e. The van der Waals surface area contributed by atoms with Gasteiger partial charge in [0.15, 0.2) is 0 Å². The molecule has 1 N–H and O–H groups in total. The van der Waals surface area contributed by atoms with Crippen molar-refractivity contribution in [3.63, 3.8) is 0 Å². The van der Waals surface area contributed by atoms with Crippen molar-refractivity contribution in [3.8, 4) is 0 Å². The summed E-state index contributed by atoms with van der Waals surface area (Å²) in [5.41, 5.74) is 2.10. The zero-order valence-electron chi connectivity index (χ0n) is 18.0. The SMILES string of the molecule is CC1CN(CC2CCN(C(=O)Nc3ccccc3N3CCCC3)CC2)CC(C)O1. The first-order valence-corrected chi connectivity index (χ1v) is 11.4. The first-order chi connectivity index (χ1) is 14.1. The minimum absolute atomic E-state index is 0.0451. The molecule has 160 valence electrons. The molecule has 3 aliphatic heterocycles. The van der Waals surface area contributed by atoms with Gasteiger partial charge >= 0.3 is 6.03 Å². The van der Waals surface area contributed by atoms with Crippen LogP contribution in [0.5, 0.6) is 0 Å². The number of urea groups is 1. The van der Waals surface area contributed by atoms with Gasteiger partial charge in [-0.05, 0) is 57.6 Å². The summed E-state index contributed by atoms with van der Waals surface area (Å²) in [5, 5.41) is 3.18. The van der Waals surface area contributed by atoms with Gasteiger partial charge in [0.2, 0.25) is 0 Å². The second-order valence-electron chi connectivity index (χ2n) is 9.05. The summed E-state index contributed by atoms with van der Waals surface area (Å²) in [6, 6.07) is 8.26. The first kappa shape index (κ1) is 20.5. The van der Waals surface area contributed by atoms with Crippen LogP contribution in [0.15, 0.2) is 24.3 Å². The molecule has 1 aromatic rings. The van der Waals surface area contributed by atoms with E-state index in [-0.39, 0.29) is 6.03 Å². The van der Waals surface area contributed by atoms with E-state index in [1.165, 1.54) is 12.8 Å². The van der Waals surface area contributed by atoms with Crippen molar-refractivity contribution in [2.24, 2.45) is 5.92 Å². The average molecular weight is 401 g/mol. The molecule has 0 spiro atoms. The Hall–Kier alpha value is -1.79. The lowest BCUT2D eigenvalue weighted by Crippen LogP contribution is -2.49. The molecule has 0 aliphatic carbocycles. The van der Waals surface area contributed by atoms with E-state index in [0.29, 0.717) is 18.1 Å². The molecule has 3 fully saturated rings. The fourth-order valence-corrected chi connectivity index (χ4v) is 5.12. The number of hydrogen-bond donors (Lipinski definition) is 1. The summed E-state index contributed by atoms with van der Waals surface area (Å²) in [5.74, 6) is 0.674. The van der Waals surface area contributed by atoms with E-state index in [4.69, 9.17) is 4.74 Å². The van der Waals surface area contributed by atoms with Crippen LogP contribution in [-0.4, -0.2) is 73.9 Å². The maximum Gasteiger partial charge on any atom is 0.321 e. The molecule has 4 rings (SSSR count). The van der Waals surface area contributed by atoms with E-state index in [2.05, 4.69) is 41.1 Å². The number of nitrogens with zero attached hydrogens (tertiary/aromatic N) is 3. The normalized spacial score (nSPS) is 26.7. The fraction of sp³-hybridized carbons (Fsp3) is 0.696. The Morgan fingerprint density at radius 1 is 1.03 bits per heavy atom. The van der Waals surface area contributed by atoms with Gasteiger partial charge in [-0.15, -0.1) is 0 Å². The van der Waals surface area contributed by atoms with Crippen molar-refractivity contribution in [1.29, 1.82) is 0 Å². The number of benzene rings is 1. The van der Waals surface area contributed by atoms with Crippen molar-refractivity contribution in [2.75, 3.05) is 56.0 Å². The number of anilines is 2. The molecular weight excluding hydrogens is 364 g/mol. The molecular formula is C23H36N4O2. The van der Waals surface area contributed by atoms with Gasteiger partial charge in [-0.3, -0.25) is 4.90 Å². The Labute approximate surface area is 175 Å². The number of hydrogen-bond acceptors (Lipinski definition) is 4. The minimum Gasteiger partial charge on any atom is -0.373 e. The molecule has 2 atom stereocenters. The van der Waals surface area contributed by atoms with Crippen molar-refractivity contribution >= 4 is 17.4 Å². The summed E-state index contributed by atoms with van der Waals surface area (Å²) >= 11 is 0. The van der Waals surface area contributed by atoms with Gasteiger partial charge in [0.25, 0.3) is 0 Å². The lowest BCUT2D eigenvalue weighted by molar-refractivity contribution is -0.0728. The maximum atomic E-state index is 12.9. The molecule has 6 nitrogen and oxygen atoms in total. The highest BCUT2D eigenvalue weighted by Crippen LogP contribution is 2.29. The lowest BCUT2D eigenvalue weighted by atomic mass is 9.96. The molecule has 29 heavy (non-hydrogen) atoms. The van der Waals surface area contributed by atoms with E-state index in [1.54, 1.807) is 0 Å². The van der Waals surface area contributed by atoms with Crippen LogP contribution >= 0.6 is 0 Å². The molecule has 3 aliphatic rings. The number of amides is 2. The largest absolute Gasteiger partial charge is 0.373 e. The highest BCUT2D eigenvalue weighted by Gasteiger charge is 2.28. The summed E-state index contributed by atoms with van der Waals surface area (Å²) in [7, 11) is 0. The number of likely N-dealkylation sites (tertiary alicyclic amines) is 1. The Kier molecular flexibility index (Phi) is 6.60. The number of carbonyl (C=O) groups excluding carboxylic acids is 1. The molecule has 3 heterocycles. The molecule has 0 bridgehead atoms. The minimum atomic E-state index is 0.0451. The molecule has 0 aromatic heterocycles. The summed E-state index contributed by atoms with van der Waals surface area (Å²) < 4.78 is 5.85. The summed E-state index contributed by atoms with van der Waals surface area (Å²) in [6.45, 7) is 11.4. The number of para-hydroxylation sites is 2. The van der Waals surface area contributed by atoms with Crippen molar-refractivity contribution < 1.29 is 9.53 Å². The zero-order chi connectivity index (χ0) is 20.2. The predicted octanol–water partition coefficient (Wildman–Crippen LogP) is 3.64. The van der Waals surface area contributed by atoms with Crippen molar-refractivity contribution in [1.82, 2.24) is 9.80 Å². The molecule has 3 saturated heterocycles. The number of nitrogens with one attached hydrogen (secondary N) is 1. The van der Waals surface area contributed by atoms with Crippen LogP contribution in [0, 0.1) is 5.92 Å². The number of morpholine rings is 1. The van der Waals surface area contributed by atoms with E-state index < -0.39 is 0 Å². The number of rotatable bonds is 4. The van der Waals surface area contributed by atoms with Gasteiger partial charge in [-0.25, -0.2) is 4.79 Å². The second-order valence-corrected chi connectivity index (χ2v) is 9.05. The van der Waals surface area contributed by atoms with Crippen LogP contribution in [-0.2, 0) is 4.74 Å². The van der Waals surface area contributed by atoms with Crippen LogP contribution in [0.1, 0.15) is 39.5 Å². The van der Waals surface area contributed by atoms with Crippen LogP contribution in [0.2, 0.25) is 0 Å². The first-order valence-electron chi connectivity index (χ1n) is 11.4. The molecule has 0 radical (unpaired) electrons. The zero-order valence-corrected chi connectivity index (χ0v) is 18.0. The van der Waals surface area contributed by atoms with Gasteiger partial charge in [0, 0.05) is 45.8 Å². The third kappa shape index (κ3) is 5.23. The highest BCUT2D eigenvalue weighted by atomic mass is 16.5. The number of ether oxygens (including phenoxy) is 1. The van der Waals surface area contributed by atoms with Gasteiger partial charge in [0.05, 0.1) is 23.6 Å². The molecule has 2 amide bonds. The van der Waals surface area contributed by atoms with Crippen LogP contribution < -0.4 is 10.2 Å². The lowest BCUT2D eigenvalue weighted by Gasteiger charge is -2.39. The van der Waals surface area contributed by atoms with Gasteiger partial charge < -0.3 is 19.9 Å². The van der Waals surface area contributed by atoms with Crippen molar-refractivity contribution in [2.45, 2.75) is 51.7 Å². The van der Waals surface area contributed by atoms with Crippen LogP contribution in [0.3, 0.4) is 0 Å². The van der Waals surface area contributed by atoms with Gasteiger partial charge in [-0.1, -0.05) is 12.1 Å². The van der Waals surface area contributed by atoms with E-state index in [9.17, 15) is 4.79 Å². The summed E-state index contributed by atoms with van der Waals surface area (Å²) in [6.07, 6.45) is 5.27. The van der Waals surface area contributed by atoms with Crippen molar-refractivity contribution in [3.05, 3.63) is 24.3 Å². The van der Waals surface area contributed by atoms with Crippen LogP contribution in [0.25, 0.3) is 0 Å².